The van der Waals surface area contributed by atoms with E-state index in [1.165, 1.54) is 22.5 Å². The summed E-state index contributed by atoms with van der Waals surface area (Å²) in [4.78, 5) is 30.0. The molecule has 0 bridgehead atoms. The lowest BCUT2D eigenvalue weighted by Gasteiger charge is -2.29. The van der Waals surface area contributed by atoms with Crippen molar-refractivity contribution in [3.05, 3.63) is 88.7 Å². The topological polar surface area (TPSA) is 108 Å². The van der Waals surface area contributed by atoms with Crippen LogP contribution in [0.4, 0.5) is 5.69 Å². The van der Waals surface area contributed by atoms with Gasteiger partial charge in [0.2, 0.25) is 10.0 Å². The molecule has 1 aliphatic rings. The van der Waals surface area contributed by atoms with E-state index in [0.29, 0.717) is 19.0 Å². The molecule has 10 heteroatoms. The van der Waals surface area contributed by atoms with Crippen molar-refractivity contribution in [1.82, 2.24) is 14.6 Å². The predicted molar refractivity (Wildman–Crippen MR) is 138 cm³/mol. The van der Waals surface area contributed by atoms with Gasteiger partial charge >= 0.3 is 0 Å². The molecule has 0 spiro atoms. The number of nitrogens with one attached hydrogen (secondary N) is 2. The van der Waals surface area contributed by atoms with E-state index in [4.69, 9.17) is 11.6 Å². The highest BCUT2D eigenvalue weighted by atomic mass is 35.5. The van der Waals surface area contributed by atoms with Crippen molar-refractivity contribution in [2.24, 2.45) is 5.92 Å². The number of rotatable bonds is 7. The van der Waals surface area contributed by atoms with E-state index < -0.39 is 15.9 Å². The molecule has 1 aliphatic heterocycles. The number of amides is 2. The second-order valence-electron chi connectivity index (χ2n) is 8.77. The first-order valence-electron chi connectivity index (χ1n) is 11.6. The molecule has 36 heavy (non-hydrogen) atoms. The van der Waals surface area contributed by atoms with Crippen LogP contribution in [0.2, 0.25) is 5.02 Å². The summed E-state index contributed by atoms with van der Waals surface area (Å²) in [7, 11) is -3.76. The van der Waals surface area contributed by atoms with Crippen molar-refractivity contribution in [3.8, 4) is 0 Å². The number of carbonyl (C=O) groups excluding carboxylic acids is 2. The number of anilines is 1. The number of para-hydroxylation sites is 1. The van der Waals surface area contributed by atoms with E-state index in [9.17, 15) is 18.0 Å². The van der Waals surface area contributed by atoms with Crippen LogP contribution >= 0.6 is 11.6 Å². The van der Waals surface area contributed by atoms with Gasteiger partial charge in [0.05, 0.1) is 26.7 Å². The Morgan fingerprint density at radius 1 is 1.03 bits per heavy atom. The lowest BCUT2D eigenvalue weighted by atomic mass is 10.0. The minimum absolute atomic E-state index is 0.00805. The third kappa shape index (κ3) is 5.92. The number of benzene rings is 2. The molecule has 0 atom stereocenters. The fourth-order valence-electron chi connectivity index (χ4n) is 3.97. The normalized spacial score (nSPS) is 14.8. The van der Waals surface area contributed by atoms with E-state index in [1.54, 1.807) is 42.7 Å². The average molecular weight is 527 g/mol. The van der Waals surface area contributed by atoms with Crippen molar-refractivity contribution in [1.29, 1.82) is 0 Å². The Labute approximate surface area is 215 Å². The number of carbonyl (C=O) groups is 2. The number of aromatic nitrogens is 1. The molecular weight excluding hydrogens is 500 g/mol. The minimum atomic E-state index is -3.76. The van der Waals surface area contributed by atoms with Crippen LogP contribution in [0.5, 0.6) is 0 Å². The van der Waals surface area contributed by atoms with E-state index in [0.717, 1.165) is 18.4 Å². The number of hydrogen-bond donors (Lipinski definition) is 2. The Morgan fingerprint density at radius 2 is 1.78 bits per heavy atom. The Hall–Kier alpha value is -3.27. The smallest absolute Gasteiger partial charge is 0.257 e. The highest BCUT2D eigenvalue weighted by Gasteiger charge is 2.29. The largest absolute Gasteiger partial charge is 0.348 e. The SMILES string of the molecule is CC1CCN(S(=O)(=O)c2ccc(Cl)c(C(=O)Nc3ccccc3C(=O)NCc3cccnc3)c2)CC1. The van der Waals surface area contributed by atoms with Crippen LogP contribution in [-0.2, 0) is 16.6 Å². The van der Waals surface area contributed by atoms with Crippen LogP contribution in [-0.4, -0.2) is 42.6 Å². The molecule has 1 aromatic heterocycles. The molecule has 2 amide bonds. The Balaban J connectivity index is 1.52. The Morgan fingerprint density at radius 3 is 2.50 bits per heavy atom. The number of sulfonamides is 1. The zero-order chi connectivity index (χ0) is 25.7. The van der Waals surface area contributed by atoms with Gasteiger partial charge in [-0.05, 0) is 60.7 Å². The van der Waals surface area contributed by atoms with E-state index >= 15 is 0 Å². The Kier molecular flexibility index (Phi) is 8.03. The molecule has 4 rings (SSSR count). The molecule has 3 aromatic rings. The molecule has 0 radical (unpaired) electrons. The first-order chi connectivity index (χ1) is 17.3. The fourth-order valence-corrected chi connectivity index (χ4v) is 5.67. The highest BCUT2D eigenvalue weighted by molar-refractivity contribution is 7.89. The van der Waals surface area contributed by atoms with Gasteiger partial charge in [-0.1, -0.05) is 36.7 Å². The summed E-state index contributed by atoms with van der Waals surface area (Å²) < 4.78 is 27.8. The van der Waals surface area contributed by atoms with Gasteiger partial charge in [-0.3, -0.25) is 14.6 Å². The number of pyridine rings is 1. The van der Waals surface area contributed by atoms with Gasteiger partial charge in [0.1, 0.15) is 0 Å². The molecule has 1 fully saturated rings. The number of halogens is 1. The molecule has 8 nitrogen and oxygen atoms in total. The molecule has 1 saturated heterocycles. The summed E-state index contributed by atoms with van der Waals surface area (Å²) in [5.74, 6) is -0.516. The third-order valence-corrected chi connectivity index (χ3v) is 8.38. The van der Waals surface area contributed by atoms with E-state index in [1.807, 2.05) is 6.07 Å². The van der Waals surface area contributed by atoms with Gasteiger partial charge in [0.25, 0.3) is 11.8 Å². The van der Waals surface area contributed by atoms with Crippen LogP contribution in [0.15, 0.2) is 71.9 Å². The molecule has 0 aliphatic carbocycles. The van der Waals surface area contributed by atoms with Gasteiger partial charge in [0.15, 0.2) is 0 Å². The monoisotopic (exact) mass is 526 g/mol. The summed E-state index contributed by atoms with van der Waals surface area (Å²) in [5.41, 5.74) is 1.38. The van der Waals surface area contributed by atoms with Gasteiger partial charge in [-0.25, -0.2) is 8.42 Å². The van der Waals surface area contributed by atoms with Gasteiger partial charge in [-0.15, -0.1) is 0 Å². The molecule has 2 N–H and O–H groups in total. The van der Waals surface area contributed by atoms with E-state index in [-0.39, 0.29) is 39.2 Å². The summed E-state index contributed by atoms with van der Waals surface area (Å²) in [6, 6.07) is 14.3. The third-order valence-electron chi connectivity index (χ3n) is 6.16. The van der Waals surface area contributed by atoms with Crippen molar-refractivity contribution in [2.75, 3.05) is 18.4 Å². The van der Waals surface area contributed by atoms with Crippen LogP contribution in [0.3, 0.4) is 0 Å². The van der Waals surface area contributed by atoms with Crippen molar-refractivity contribution >= 4 is 39.1 Å². The maximum absolute atomic E-state index is 13.2. The van der Waals surface area contributed by atoms with Crippen LogP contribution in [0.1, 0.15) is 46.0 Å². The molecule has 0 unspecified atom stereocenters. The van der Waals surface area contributed by atoms with Crippen molar-refractivity contribution < 1.29 is 18.0 Å². The Bertz CT molecular complexity index is 1360. The zero-order valence-corrected chi connectivity index (χ0v) is 21.3. The van der Waals surface area contributed by atoms with Crippen molar-refractivity contribution in [3.63, 3.8) is 0 Å². The lowest BCUT2D eigenvalue weighted by molar-refractivity contribution is 0.0951. The number of piperidine rings is 1. The number of hydrogen-bond acceptors (Lipinski definition) is 5. The molecular formula is C26H27ClN4O4S. The summed E-state index contributed by atoms with van der Waals surface area (Å²) in [5, 5.41) is 5.62. The standard InChI is InChI=1S/C26H27ClN4O4S/c1-18-10-13-31(14-11-18)36(34,35)20-8-9-23(27)22(15-20)26(33)30-24-7-3-2-6-21(24)25(32)29-17-19-5-4-12-28-16-19/h2-9,12,15-16,18H,10-11,13-14,17H2,1H3,(H,29,32)(H,30,33). The molecule has 0 saturated carbocycles. The highest BCUT2D eigenvalue weighted by Crippen LogP contribution is 2.27. The zero-order valence-electron chi connectivity index (χ0n) is 19.8. The summed E-state index contributed by atoms with van der Waals surface area (Å²) in [6.45, 7) is 3.26. The van der Waals surface area contributed by atoms with Crippen molar-refractivity contribution in [2.45, 2.75) is 31.2 Å². The summed E-state index contributed by atoms with van der Waals surface area (Å²) in [6.07, 6.45) is 4.88. The van der Waals surface area contributed by atoms with Crippen LogP contribution in [0, 0.1) is 5.92 Å². The molecule has 188 valence electrons. The average Bonchev–Trinajstić information content (AvgIpc) is 2.88. The second-order valence-corrected chi connectivity index (χ2v) is 11.1. The first-order valence-corrected chi connectivity index (χ1v) is 13.4. The lowest BCUT2D eigenvalue weighted by Crippen LogP contribution is -2.37. The van der Waals surface area contributed by atoms with Gasteiger partial charge in [0, 0.05) is 32.0 Å². The van der Waals surface area contributed by atoms with Gasteiger partial charge in [-0.2, -0.15) is 4.31 Å². The van der Waals surface area contributed by atoms with Gasteiger partial charge < -0.3 is 10.6 Å². The second kappa shape index (κ2) is 11.2. The maximum atomic E-state index is 13.2. The number of nitrogens with zero attached hydrogens (tertiary/aromatic N) is 2. The maximum Gasteiger partial charge on any atom is 0.257 e. The summed E-state index contributed by atoms with van der Waals surface area (Å²) >= 11 is 6.28. The van der Waals surface area contributed by atoms with Crippen LogP contribution in [0.25, 0.3) is 0 Å². The predicted octanol–water partition coefficient (Wildman–Crippen LogP) is 4.34. The molecule has 2 aromatic carbocycles. The first kappa shape index (κ1) is 25.8. The quantitative estimate of drug-likeness (QED) is 0.476. The van der Waals surface area contributed by atoms with E-state index in [2.05, 4.69) is 22.5 Å². The minimum Gasteiger partial charge on any atom is -0.348 e. The van der Waals surface area contributed by atoms with Crippen LogP contribution < -0.4 is 10.6 Å². The fraction of sp³-hybridized carbons (Fsp3) is 0.269. The molecule has 2 heterocycles.